The third-order valence-corrected chi connectivity index (χ3v) is 4.43. The molecule has 5 nitrogen and oxygen atoms in total. The van der Waals surface area contributed by atoms with Gasteiger partial charge >= 0.3 is 6.18 Å². The highest BCUT2D eigenvalue weighted by Crippen LogP contribution is 2.32. The molecule has 1 N–H and O–H groups in total. The minimum absolute atomic E-state index is 0.114. The van der Waals surface area contributed by atoms with Crippen molar-refractivity contribution in [2.75, 3.05) is 34.9 Å². The lowest BCUT2D eigenvalue weighted by Crippen LogP contribution is -2.27. The summed E-state index contributed by atoms with van der Waals surface area (Å²) in [5, 5.41) is 2.25. The van der Waals surface area contributed by atoms with Gasteiger partial charge in [0.1, 0.15) is 0 Å². The summed E-state index contributed by atoms with van der Waals surface area (Å²) in [7, 11) is 5.83. The van der Waals surface area contributed by atoms with Crippen LogP contribution in [0.3, 0.4) is 0 Å². The van der Waals surface area contributed by atoms with Gasteiger partial charge in [-0.2, -0.15) is 13.2 Å². The molecule has 0 aliphatic rings. The van der Waals surface area contributed by atoms with E-state index in [9.17, 15) is 22.4 Å². The number of rotatable bonds is 9. The minimum Gasteiger partial charge on any atom is -0.362 e. The van der Waals surface area contributed by atoms with Gasteiger partial charge in [-0.15, -0.1) is 0 Å². The molecular weight excluding hydrogens is 462 g/mol. The summed E-state index contributed by atoms with van der Waals surface area (Å²) in [6.45, 7) is 15.0. The molecule has 0 aliphatic carbocycles. The van der Waals surface area contributed by atoms with Crippen LogP contribution < -0.4 is 10.9 Å². The van der Waals surface area contributed by atoms with E-state index in [2.05, 4.69) is 19.2 Å². The van der Waals surface area contributed by atoms with E-state index in [-0.39, 0.29) is 11.6 Å². The summed E-state index contributed by atoms with van der Waals surface area (Å²) in [4.78, 5) is 23.1. The van der Waals surface area contributed by atoms with Crippen LogP contribution in [0.4, 0.5) is 17.6 Å². The molecule has 1 rings (SSSR count). The largest absolute Gasteiger partial charge is 0.416 e. The van der Waals surface area contributed by atoms with Crippen LogP contribution in [0.15, 0.2) is 17.1 Å². The van der Waals surface area contributed by atoms with E-state index in [0.29, 0.717) is 38.9 Å². The van der Waals surface area contributed by atoms with Crippen molar-refractivity contribution in [3.05, 3.63) is 33.7 Å². The Morgan fingerprint density at radius 1 is 1.09 bits per heavy atom. The van der Waals surface area contributed by atoms with Crippen LogP contribution in [0.25, 0.3) is 0 Å². The van der Waals surface area contributed by atoms with Gasteiger partial charge in [-0.25, -0.2) is 0 Å². The van der Waals surface area contributed by atoms with Crippen molar-refractivity contribution in [1.29, 1.82) is 0 Å². The molecule has 1 heterocycles. The van der Waals surface area contributed by atoms with Crippen molar-refractivity contribution in [3.8, 4) is 0 Å². The molecule has 0 radical (unpaired) electrons. The van der Waals surface area contributed by atoms with Crippen molar-refractivity contribution in [2.24, 2.45) is 5.92 Å². The SMILES string of the molecule is CC.CC(C)CC(C)n1cc(CCCN(C)C)c(C(F)(F)F)cc1=O.CCCC.CF.CNC=O. The van der Waals surface area contributed by atoms with Gasteiger partial charge in [-0.3, -0.25) is 14.0 Å². The number of pyridine rings is 1. The van der Waals surface area contributed by atoms with Gasteiger partial charge in [-0.05, 0) is 58.3 Å². The Labute approximate surface area is 211 Å². The van der Waals surface area contributed by atoms with E-state index in [1.807, 2.05) is 53.6 Å². The molecule has 1 atom stereocenters. The highest BCUT2D eigenvalue weighted by atomic mass is 19.4. The summed E-state index contributed by atoms with van der Waals surface area (Å²) in [5.74, 6) is 0.372. The first-order valence-electron chi connectivity index (χ1n) is 12.3. The number of amides is 1. The topological polar surface area (TPSA) is 54.3 Å². The second-order valence-corrected chi connectivity index (χ2v) is 8.25. The molecule has 1 aromatic rings. The van der Waals surface area contributed by atoms with E-state index in [1.165, 1.54) is 23.6 Å². The Morgan fingerprint density at radius 3 is 1.86 bits per heavy atom. The molecule has 9 heteroatoms. The molecule has 0 saturated carbocycles. The smallest absolute Gasteiger partial charge is 0.362 e. The number of nitrogens with zero attached hydrogens (tertiary/aromatic N) is 2. The summed E-state index contributed by atoms with van der Waals surface area (Å²) >= 11 is 0. The Bertz CT molecular complexity index is 659. The summed E-state index contributed by atoms with van der Waals surface area (Å²) in [6, 6.07) is 0.638. The van der Waals surface area contributed by atoms with Crippen LogP contribution in [-0.2, 0) is 17.4 Å². The Hall–Kier alpha value is -1.90. The van der Waals surface area contributed by atoms with E-state index < -0.39 is 17.3 Å². The van der Waals surface area contributed by atoms with Gasteiger partial charge in [0.2, 0.25) is 6.41 Å². The first-order valence-corrected chi connectivity index (χ1v) is 12.3. The first kappa shape index (κ1) is 40.3. The number of aromatic nitrogens is 1. The predicted octanol–water partition coefficient (Wildman–Crippen LogP) is 6.75. The fraction of sp³-hybridized carbons (Fsp3) is 0.769. The fourth-order valence-corrected chi connectivity index (χ4v) is 2.78. The van der Waals surface area contributed by atoms with Crippen LogP contribution in [0.5, 0.6) is 0 Å². The molecule has 0 aromatic carbocycles. The maximum atomic E-state index is 13.2. The van der Waals surface area contributed by atoms with E-state index >= 15 is 0 Å². The fourth-order valence-electron chi connectivity index (χ4n) is 2.78. The Morgan fingerprint density at radius 2 is 1.54 bits per heavy atom. The van der Waals surface area contributed by atoms with Crippen molar-refractivity contribution < 1.29 is 22.4 Å². The van der Waals surface area contributed by atoms with Crippen LogP contribution in [0.2, 0.25) is 0 Å². The molecule has 0 fully saturated rings. The lowest BCUT2D eigenvalue weighted by Gasteiger charge is -2.21. The lowest BCUT2D eigenvalue weighted by atomic mass is 10.0. The molecule has 1 amide bonds. The number of hydrogen-bond acceptors (Lipinski definition) is 3. The van der Waals surface area contributed by atoms with Gasteiger partial charge in [0, 0.05) is 25.4 Å². The number of nitrogens with one attached hydrogen (secondary N) is 1. The normalized spacial score (nSPS) is 10.9. The Kier molecular flexibility index (Phi) is 29.0. The number of carbonyl (C=O) groups excluding carboxylic acids is 1. The molecule has 35 heavy (non-hydrogen) atoms. The second kappa shape index (κ2) is 25.2. The van der Waals surface area contributed by atoms with Crippen molar-refractivity contribution in [2.45, 2.75) is 92.8 Å². The molecule has 0 aliphatic heterocycles. The number of alkyl halides is 4. The molecule has 0 bridgehead atoms. The zero-order valence-electron chi connectivity index (χ0n) is 23.9. The third-order valence-electron chi connectivity index (χ3n) is 4.43. The number of carbonyl (C=O) groups is 1. The molecule has 0 spiro atoms. The van der Waals surface area contributed by atoms with Crippen molar-refractivity contribution >= 4 is 6.41 Å². The maximum absolute atomic E-state index is 13.2. The van der Waals surface area contributed by atoms with E-state index in [4.69, 9.17) is 4.79 Å². The summed E-state index contributed by atoms with van der Waals surface area (Å²) in [6.07, 6.45) is 1.86. The molecule has 1 aromatic heterocycles. The number of aryl methyl sites for hydroxylation is 1. The monoisotopic (exact) mass is 513 g/mol. The number of halogens is 4. The van der Waals surface area contributed by atoms with E-state index in [1.54, 1.807) is 7.05 Å². The van der Waals surface area contributed by atoms with Gasteiger partial charge in [0.15, 0.2) is 0 Å². The molecule has 0 saturated heterocycles. The summed E-state index contributed by atoms with van der Waals surface area (Å²) in [5.41, 5.74) is -1.18. The number of unbranched alkanes of at least 4 members (excludes halogenated alkanes) is 1. The molecular formula is C26H51F4N3O2. The average molecular weight is 514 g/mol. The number of hydrogen-bond donors (Lipinski definition) is 1. The van der Waals surface area contributed by atoms with E-state index in [0.717, 1.165) is 12.5 Å². The highest BCUT2D eigenvalue weighted by Gasteiger charge is 2.34. The zero-order valence-corrected chi connectivity index (χ0v) is 23.9. The second-order valence-electron chi connectivity index (χ2n) is 8.25. The van der Waals surface area contributed by atoms with Crippen molar-refractivity contribution in [3.63, 3.8) is 0 Å². The van der Waals surface area contributed by atoms with Crippen molar-refractivity contribution in [1.82, 2.24) is 14.8 Å². The zero-order chi connectivity index (χ0) is 28.6. The third kappa shape index (κ3) is 22.3. The van der Waals surface area contributed by atoms with Gasteiger partial charge in [0.25, 0.3) is 5.56 Å². The molecule has 210 valence electrons. The van der Waals surface area contributed by atoms with Gasteiger partial charge in [-0.1, -0.05) is 54.4 Å². The lowest BCUT2D eigenvalue weighted by molar-refractivity contribution is -0.138. The van der Waals surface area contributed by atoms with Gasteiger partial charge in [0.05, 0.1) is 12.7 Å². The Balaban J connectivity index is -0.000000336. The maximum Gasteiger partial charge on any atom is 0.416 e. The van der Waals surface area contributed by atoms with Crippen LogP contribution in [-0.4, -0.2) is 50.7 Å². The van der Waals surface area contributed by atoms with Crippen LogP contribution >= 0.6 is 0 Å². The first-order chi connectivity index (χ1) is 16.3. The summed E-state index contributed by atoms with van der Waals surface area (Å²) < 4.78 is 50.5. The van der Waals surface area contributed by atoms with Crippen LogP contribution in [0, 0.1) is 5.92 Å². The minimum atomic E-state index is -4.49. The quantitative estimate of drug-likeness (QED) is 0.294. The van der Waals surface area contributed by atoms with Crippen LogP contribution in [0.1, 0.15) is 91.3 Å². The highest BCUT2D eigenvalue weighted by molar-refractivity contribution is 5.44. The standard InChI is InChI=1S/C17H27F3N2O.C4H10.C2H5NO.C2H6.CH3F/c1-12(2)9-13(3)22-11-14(7-6-8-21(4)5)15(10-16(22)23)17(18,19)20;1-3-4-2;1-3-2-4;2*1-2/h10-13H,6-9H2,1-5H3;3-4H2,1-2H3;2H,1H3,(H,3,4);1-2H3;1H3. The predicted molar refractivity (Wildman–Crippen MR) is 141 cm³/mol. The average Bonchev–Trinajstić information content (AvgIpc) is 2.81. The van der Waals surface area contributed by atoms with Gasteiger partial charge < -0.3 is 14.8 Å². The molecule has 1 unspecified atom stereocenters.